The maximum Gasteiger partial charge on any atom is 0.119 e. The van der Waals surface area contributed by atoms with Gasteiger partial charge in [0.15, 0.2) is 0 Å². The van der Waals surface area contributed by atoms with Crippen LogP contribution in [0.3, 0.4) is 0 Å². The van der Waals surface area contributed by atoms with Crippen LogP contribution in [-0.2, 0) is 11.3 Å². The van der Waals surface area contributed by atoms with E-state index < -0.39 is 0 Å². The highest BCUT2D eigenvalue weighted by atomic mass is 35.5. The summed E-state index contributed by atoms with van der Waals surface area (Å²) in [7, 11) is 1.66. The smallest absolute Gasteiger partial charge is 0.119 e. The molecule has 0 aliphatic carbocycles. The highest BCUT2D eigenvalue weighted by Gasteiger charge is 1.98. The van der Waals surface area contributed by atoms with Gasteiger partial charge in [0.2, 0.25) is 0 Å². The number of benzene rings is 2. The van der Waals surface area contributed by atoms with Gasteiger partial charge in [0.1, 0.15) is 12.4 Å². The number of hydrogen-bond donors (Lipinski definition) is 1. The molecule has 0 bridgehead atoms. The Morgan fingerprint density at radius 3 is 2.60 bits per heavy atom. The normalized spacial score (nSPS) is 10.3. The Morgan fingerprint density at radius 2 is 1.85 bits per heavy atom. The maximum atomic E-state index is 5.86. The number of rotatable bonds is 7. The van der Waals surface area contributed by atoms with E-state index in [1.807, 2.05) is 42.5 Å². The molecule has 20 heavy (non-hydrogen) atoms. The van der Waals surface area contributed by atoms with Crippen molar-refractivity contribution in [1.29, 1.82) is 0 Å². The van der Waals surface area contributed by atoms with Crippen molar-refractivity contribution in [3.8, 4) is 5.75 Å². The molecule has 2 aromatic rings. The van der Waals surface area contributed by atoms with Crippen molar-refractivity contribution >= 4 is 17.3 Å². The van der Waals surface area contributed by atoms with Gasteiger partial charge >= 0.3 is 0 Å². The summed E-state index contributed by atoms with van der Waals surface area (Å²) in [5, 5.41) is 4.08. The molecule has 3 nitrogen and oxygen atoms in total. The molecule has 0 aliphatic heterocycles. The molecule has 0 radical (unpaired) electrons. The Morgan fingerprint density at radius 1 is 1.05 bits per heavy atom. The summed E-state index contributed by atoms with van der Waals surface area (Å²) < 4.78 is 10.5. The second-order valence-electron chi connectivity index (χ2n) is 4.35. The molecule has 4 heteroatoms. The molecule has 0 amide bonds. The van der Waals surface area contributed by atoms with Gasteiger partial charge in [-0.25, -0.2) is 0 Å². The van der Waals surface area contributed by atoms with Gasteiger partial charge in [-0.1, -0.05) is 23.7 Å². The number of halogens is 1. The van der Waals surface area contributed by atoms with Crippen LogP contribution in [0.1, 0.15) is 5.56 Å². The molecule has 2 aromatic carbocycles. The lowest BCUT2D eigenvalue weighted by atomic mass is 10.2. The van der Waals surface area contributed by atoms with Crippen LogP contribution in [0.15, 0.2) is 48.5 Å². The van der Waals surface area contributed by atoms with Crippen LogP contribution in [0.25, 0.3) is 0 Å². The average molecular weight is 292 g/mol. The molecule has 0 fully saturated rings. The van der Waals surface area contributed by atoms with E-state index >= 15 is 0 Å². The van der Waals surface area contributed by atoms with Crippen LogP contribution in [0.2, 0.25) is 5.02 Å². The van der Waals surface area contributed by atoms with Crippen LogP contribution >= 0.6 is 11.6 Å². The van der Waals surface area contributed by atoms with E-state index in [0.29, 0.717) is 13.2 Å². The van der Waals surface area contributed by atoms with Crippen molar-refractivity contribution in [2.45, 2.75) is 6.54 Å². The van der Waals surface area contributed by atoms with Gasteiger partial charge in [0.05, 0.1) is 6.61 Å². The molecule has 0 spiro atoms. The molecule has 1 N–H and O–H groups in total. The van der Waals surface area contributed by atoms with E-state index in [1.54, 1.807) is 7.11 Å². The summed E-state index contributed by atoms with van der Waals surface area (Å²) in [5.41, 5.74) is 2.20. The fourth-order valence-electron chi connectivity index (χ4n) is 1.76. The highest BCUT2D eigenvalue weighted by Crippen LogP contribution is 2.17. The first-order chi connectivity index (χ1) is 9.78. The zero-order valence-electron chi connectivity index (χ0n) is 11.4. The number of methoxy groups -OCH3 is 1. The van der Waals surface area contributed by atoms with Gasteiger partial charge in [-0.15, -0.1) is 0 Å². The van der Waals surface area contributed by atoms with Crippen molar-refractivity contribution in [3.63, 3.8) is 0 Å². The zero-order valence-corrected chi connectivity index (χ0v) is 12.2. The number of hydrogen-bond acceptors (Lipinski definition) is 3. The predicted octanol–water partition coefficient (Wildman–Crippen LogP) is 3.98. The van der Waals surface area contributed by atoms with Gasteiger partial charge in [-0.05, 0) is 42.0 Å². The maximum absolute atomic E-state index is 5.86. The molecular weight excluding hydrogens is 274 g/mol. The van der Waals surface area contributed by atoms with Gasteiger partial charge in [-0.2, -0.15) is 0 Å². The Labute approximate surface area is 124 Å². The third kappa shape index (κ3) is 4.76. The fraction of sp³-hybridized carbons (Fsp3) is 0.250. The summed E-state index contributed by atoms with van der Waals surface area (Å²) in [6.45, 7) is 1.89. The second kappa shape index (κ2) is 7.78. The van der Waals surface area contributed by atoms with E-state index in [-0.39, 0.29) is 0 Å². The first-order valence-corrected chi connectivity index (χ1v) is 6.86. The van der Waals surface area contributed by atoms with E-state index in [0.717, 1.165) is 28.6 Å². The molecule has 0 unspecified atom stereocenters. The number of anilines is 1. The largest absolute Gasteiger partial charge is 0.491 e. The molecule has 0 aliphatic rings. The van der Waals surface area contributed by atoms with Crippen molar-refractivity contribution in [2.75, 3.05) is 25.6 Å². The molecule has 0 aromatic heterocycles. The van der Waals surface area contributed by atoms with Gasteiger partial charge < -0.3 is 14.8 Å². The monoisotopic (exact) mass is 291 g/mol. The van der Waals surface area contributed by atoms with E-state index in [1.165, 1.54) is 0 Å². The molecule has 0 atom stereocenters. The Kier molecular flexibility index (Phi) is 5.71. The van der Waals surface area contributed by atoms with Gasteiger partial charge in [0.25, 0.3) is 0 Å². The molecule has 0 heterocycles. The standard InChI is InChI=1S/C16H18ClNO2/c1-19-9-10-20-16-4-2-3-13(11-16)12-18-15-7-5-14(17)6-8-15/h2-8,11,18H,9-10,12H2,1H3. The summed E-state index contributed by atoms with van der Waals surface area (Å²) >= 11 is 5.86. The molecule has 2 rings (SSSR count). The molecular formula is C16H18ClNO2. The van der Waals surface area contributed by atoms with Crippen LogP contribution in [-0.4, -0.2) is 20.3 Å². The Bertz CT molecular complexity index is 528. The zero-order chi connectivity index (χ0) is 14.2. The quantitative estimate of drug-likeness (QED) is 0.783. The van der Waals surface area contributed by atoms with Crippen LogP contribution < -0.4 is 10.1 Å². The van der Waals surface area contributed by atoms with Crippen molar-refractivity contribution in [1.82, 2.24) is 0 Å². The van der Waals surface area contributed by atoms with E-state index in [9.17, 15) is 0 Å². The molecule has 0 saturated heterocycles. The first-order valence-electron chi connectivity index (χ1n) is 6.48. The average Bonchev–Trinajstić information content (AvgIpc) is 2.47. The molecule has 106 valence electrons. The topological polar surface area (TPSA) is 30.5 Å². The van der Waals surface area contributed by atoms with Crippen molar-refractivity contribution < 1.29 is 9.47 Å². The summed E-state index contributed by atoms with van der Waals surface area (Å²) in [5.74, 6) is 0.859. The van der Waals surface area contributed by atoms with Crippen LogP contribution in [0.4, 0.5) is 5.69 Å². The predicted molar refractivity (Wildman–Crippen MR) is 82.6 cm³/mol. The summed E-state index contributed by atoms with van der Waals surface area (Å²) in [4.78, 5) is 0. The lowest BCUT2D eigenvalue weighted by Gasteiger charge is -2.09. The van der Waals surface area contributed by atoms with E-state index in [4.69, 9.17) is 21.1 Å². The lowest BCUT2D eigenvalue weighted by molar-refractivity contribution is 0.146. The highest BCUT2D eigenvalue weighted by molar-refractivity contribution is 6.30. The van der Waals surface area contributed by atoms with E-state index in [2.05, 4.69) is 11.4 Å². The number of ether oxygens (including phenoxy) is 2. The lowest BCUT2D eigenvalue weighted by Crippen LogP contribution is -2.05. The summed E-state index contributed by atoms with van der Waals surface area (Å²) in [6.07, 6.45) is 0. The first kappa shape index (κ1) is 14.7. The third-order valence-electron chi connectivity index (χ3n) is 2.80. The van der Waals surface area contributed by atoms with Gasteiger partial charge in [0, 0.05) is 24.4 Å². The third-order valence-corrected chi connectivity index (χ3v) is 3.05. The van der Waals surface area contributed by atoms with Crippen LogP contribution in [0.5, 0.6) is 5.75 Å². The fourth-order valence-corrected chi connectivity index (χ4v) is 1.89. The van der Waals surface area contributed by atoms with Crippen LogP contribution in [0, 0.1) is 0 Å². The van der Waals surface area contributed by atoms with Gasteiger partial charge in [-0.3, -0.25) is 0 Å². The second-order valence-corrected chi connectivity index (χ2v) is 4.79. The number of nitrogens with one attached hydrogen (secondary N) is 1. The minimum absolute atomic E-state index is 0.560. The molecule has 0 saturated carbocycles. The van der Waals surface area contributed by atoms with Crippen molar-refractivity contribution in [2.24, 2.45) is 0 Å². The Hall–Kier alpha value is -1.71. The SMILES string of the molecule is COCCOc1cccc(CNc2ccc(Cl)cc2)c1. The van der Waals surface area contributed by atoms with Crippen molar-refractivity contribution in [3.05, 3.63) is 59.1 Å². The summed E-state index contributed by atoms with van der Waals surface area (Å²) in [6, 6.07) is 15.7. The minimum Gasteiger partial charge on any atom is -0.491 e. The Balaban J connectivity index is 1.89. The minimum atomic E-state index is 0.560.